The molecular formula is C35H36F12N10O8. The molecule has 5 heterocycles. The molecule has 0 bridgehead atoms. The van der Waals surface area contributed by atoms with Crippen LogP contribution in [0.2, 0.25) is 0 Å². The number of aliphatic hydroxyl groups excluding tert-OH is 1. The molecule has 2 fully saturated rings. The molecule has 4 aromatic rings. The van der Waals surface area contributed by atoms with E-state index in [9.17, 15) is 63.1 Å². The van der Waals surface area contributed by atoms with Gasteiger partial charge >= 0.3 is 42.6 Å². The van der Waals surface area contributed by atoms with Crippen molar-refractivity contribution < 1.29 is 92.2 Å². The number of carboxylic acids is 3. The quantitative estimate of drug-likeness (QED) is 0.110. The van der Waals surface area contributed by atoms with E-state index >= 15 is 0 Å². The van der Waals surface area contributed by atoms with Crippen LogP contribution < -0.4 is 10.1 Å². The van der Waals surface area contributed by atoms with Crippen molar-refractivity contribution in [3.8, 4) is 23.2 Å². The standard InChI is InChI=1S/C29H33F3N10O2.3C2HF3O2/c1-18(43)11-34-13-20-10-24(40-27(39-20)29(30,31)32)44-22-4-2-21(3-5-22)41-15-28(16-41,7-8-33)42-14-19(12-38-42)25-23-6-9-35-26(23)37-17-36-25;3*3-2(4,5)1(6)7/h6,9-10,12,14,17-18,21-22,34,43H,2-5,7,11,13,15-16H2,1H3,(H,35,36,37);3*(H,6,7)/t18-,21?,22?;;;/m0.../s1. The molecule has 1 saturated carbocycles. The molecule has 358 valence electrons. The Morgan fingerprint density at radius 1 is 0.923 bits per heavy atom. The first kappa shape index (κ1) is 53.0. The first-order valence-corrected chi connectivity index (χ1v) is 18.3. The Kier molecular flexibility index (Phi) is 17.6. The van der Waals surface area contributed by atoms with Gasteiger partial charge in [0, 0.05) is 61.6 Å². The van der Waals surface area contributed by atoms with Crippen LogP contribution in [0, 0.1) is 11.3 Å². The second-order valence-electron chi connectivity index (χ2n) is 14.1. The summed E-state index contributed by atoms with van der Waals surface area (Å²) in [6.07, 6.45) is -10.6. The second kappa shape index (κ2) is 21.6. The summed E-state index contributed by atoms with van der Waals surface area (Å²) in [5.41, 5.74) is 2.07. The summed E-state index contributed by atoms with van der Waals surface area (Å²) in [5, 5.41) is 48.9. The van der Waals surface area contributed by atoms with Gasteiger partial charge in [0.1, 0.15) is 23.6 Å². The van der Waals surface area contributed by atoms with Gasteiger partial charge in [-0.1, -0.05) is 0 Å². The number of hydrogen-bond donors (Lipinski definition) is 6. The van der Waals surface area contributed by atoms with E-state index in [0.717, 1.165) is 35.1 Å². The molecule has 6 N–H and O–H groups in total. The molecule has 1 saturated heterocycles. The summed E-state index contributed by atoms with van der Waals surface area (Å²) in [5.74, 6) is -9.62. The minimum absolute atomic E-state index is 0.0479. The number of aromatic amines is 1. The van der Waals surface area contributed by atoms with Gasteiger partial charge in [0.2, 0.25) is 11.7 Å². The molecule has 0 unspecified atom stereocenters. The highest BCUT2D eigenvalue weighted by Gasteiger charge is 2.48. The Balaban J connectivity index is 0.000000443. The number of ether oxygens (including phenoxy) is 1. The van der Waals surface area contributed by atoms with Crippen molar-refractivity contribution in [2.45, 2.75) is 94.1 Å². The van der Waals surface area contributed by atoms with Gasteiger partial charge < -0.3 is 35.5 Å². The summed E-state index contributed by atoms with van der Waals surface area (Å²) < 4.78 is 143. The molecule has 1 aliphatic heterocycles. The lowest BCUT2D eigenvalue weighted by Crippen LogP contribution is -2.65. The summed E-state index contributed by atoms with van der Waals surface area (Å²) in [4.78, 5) is 48.1. The SMILES string of the molecule is C[C@H](O)CNCc1cc(OC2CCC(N3CC(CC#N)(n4cc(-c5ncnc6[nH]ccc56)cn4)C3)CC2)nc(C(F)(F)F)n1.O=C(O)C(F)(F)F.O=C(O)C(F)(F)F.O=C(O)C(F)(F)F. The molecule has 30 heteroatoms. The molecule has 2 aliphatic rings. The largest absolute Gasteiger partial charge is 0.490 e. The molecule has 4 aromatic heterocycles. The number of hydrogen-bond acceptors (Lipinski definition) is 13. The topological polar surface area (TPSA) is 266 Å². The smallest absolute Gasteiger partial charge is 0.475 e. The monoisotopic (exact) mass is 952 g/mol. The van der Waals surface area contributed by atoms with Crippen LogP contribution >= 0.6 is 0 Å². The molecule has 1 atom stereocenters. The Morgan fingerprint density at radius 3 is 1.97 bits per heavy atom. The number of nitrogens with one attached hydrogen (secondary N) is 2. The van der Waals surface area contributed by atoms with E-state index in [2.05, 4.69) is 46.3 Å². The van der Waals surface area contributed by atoms with Gasteiger partial charge in [-0.05, 0) is 38.7 Å². The molecule has 6 rings (SSSR count). The molecule has 0 spiro atoms. The van der Waals surface area contributed by atoms with Crippen LogP contribution in [0.4, 0.5) is 52.7 Å². The molecule has 65 heavy (non-hydrogen) atoms. The average Bonchev–Trinajstić information content (AvgIpc) is 3.87. The molecule has 1 aliphatic carbocycles. The van der Waals surface area contributed by atoms with Gasteiger partial charge in [0.05, 0.1) is 36.2 Å². The molecule has 0 amide bonds. The van der Waals surface area contributed by atoms with E-state index in [1.165, 1.54) is 12.4 Å². The number of likely N-dealkylation sites (tertiary alicyclic amines) is 1. The normalized spacial score (nSPS) is 17.9. The van der Waals surface area contributed by atoms with Crippen molar-refractivity contribution in [1.82, 2.24) is 44.9 Å². The van der Waals surface area contributed by atoms with Crippen molar-refractivity contribution in [3.05, 3.63) is 48.6 Å². The van der Waals surface area contributed by atoms with Gasteiger partial charge in [-0.15, -0.1) is 0 Å². The zero-order chi connectivity index (χ0) is 49.1. The lowest BCUT2D eigenvalue weighted by atomic mass is 9.82. The predicted molar refractivity (Wildman–Crippen MR) is 193 cm³/mol. The molecule has 0 radical (unpaired) electrons. The van der Waals surface area contributed by atoms with Gasteiger partial charge in [-0.25, -0.2) is 29.3 Å². The van der Waals surface area contributed by atoms with Crippen LogP contribution in [-0.2, 0) is 32.6 Å². The van der Waals surface area contributed by atoms with Gasteiger partial charge in [-0.3, -0.25) is 9.58 Å². The molecule has 0 aromatic carbocycles. The Hall–Kier alpha value is -6.35. The van der Waals surface area contributed by atoms with Crippen LogP contribution in [0.15, 0.2) is 37.1 Å². The number of rotatable bonds is 10. The van der Waals surface area contributed by atoms with Gasteiger partial charge in [-0.2, -0.15) is 68.0 Å². The zero-order valence-corrected chi connectivity index (χ0v) is 33.1. The third kappa shape index (κ3) is 15.7. The number of fused-ring (bicyclic) bond motifs is 1. The number of alkyl halides is 12. The van der Waals surface area contributed by atoms with Gasteiger partial charge in [0.15, 0.2) is 0 Å². The van der Waals surface area contributed by atoms with Crippen LogP contribution in [0.5, 0.6) is 5.88 Å². The van der Waals surface area contributed by atoms with E-state index < -0.39 is 60.1 Å². The maximum atomic E-state index is 13.5. The van der Waals surface area contributed by atoms with Gasteiger partial charge in [0.25, 0.3) is 0 Å². The van der Waals surface area contributed by atoms with Crippen molar-refractivity contribution >= 4 is 28.9 Å². The van der Waals surface area contributed by atoms with Crippen molar-refractivity contribution in [2.24, 2.45) is 0 Å². The molecule has 18 nitrogen and oxygen atoms in total. The lowest BCUT2D eigenvalue weighted by Gasteiger charge is -2.53. The average molecular weight is 953 g/mol. The minimum Gasteiger partial charge on any atom is -0.475 e. The first-order valence-electron chi connectivity index (χ1n) is 18.3. The van der Waals surface area contributed by atoms with Crippen LogP contribution in [0.3, 0.4) is 0 Å². The van der Waals surface area contributed by atoms with Crippen LogP contribution in [-0.4, -0.2) is 134 Å². The number of H-pyrrole nitrogens is 1. The van der Waals surface area contributed by atoms with Crippen molar-refractivity contribution in [3.63, 3.8) is 0 Å². The van der Waals surface area contributed by atoms with E-state index in [-0.39, 0.29) is 36.8 Å². The maximum Gasteiger partial charge on any atom is 0.490 e. The maximum absolute atomic E-state index is 13.5. The number of aliphatic carboxylic acids is 3. The highest BCUT2D eigenvalue weighted by Crippen LogP contribution is 2.39. The molecular weight excluding hydrogens is 916 g/mol. The highest BCUT2D eigenvalue weighted by molar-refractivity contribution is 5.90. The highest BCUT2D eigenvalue weighted by atomic mass is 19.4. The number of aliphatic hydroxyl groups is 1. The number of carbonyl (C=O) groups is 3. The Bertz CT molecular complexity index is 2200. The van der Waals surface area contributed by atoms with Crippen LogP contribution in [0.25, 0.3) is 22.3 Å². The van der Waals surface area contributed by atoms with Crippen molar-refractivity contribution in [2.75, 3.05) is 19.6 Å². The van der Waals surface area contributed by atoms with E-state index in [1.807, 2.05) is 23.1 Å². The predicted octanol–water partition coefficient (Wildman–Crippen LogP) is 5.32. The summed E-state index contributed by atoms with van der Waals surface area (Å²) >= 11 is 0. The van der Waals surface area contributed by atoms with E-state index in [0.29, 0.717) is 32.4 Å². The number of nitriles is 1. The second-order valence-corrected chi connectivity index (χ2v) is 14.1. The van der Waals surface area contributed by atoms with E-state index in [4.69, 9.17) is 34.4 Å². The third-order valence-electron chi connectivity index (χ3n) is 9.03. The van der Waals surface area contributed by atoms with Crippen LogP contribution in [0.1, 0.15) is 50.5 Å². The fourth-order valence-electron chi connectivity index (χ4n) is 6.12. The Morgan fingerprint density at radius 2 is 1.48 bits per heavy atom. The number of nitrogens with zero attached hydrogens (tertiary/aromatic N) is 8. The summed E-state index contributed by atoms with van der Waals surface area (Å²) in [7, 11) is 0. The van der Waals surface area contributed by atoms with Crippen molar-refractivity contribution in [1.29, 1.82) is 5.26 Å². The number of halogens is 12. The Labute approximate surface area is 356 Å². The summed E-state index contributed by atoms with van der Waals surface area (Å²) in [6, 6.07) is 5.95. The fraction of sp³-hybridized carbons (Fsp3) is 0.514. The number of aromatic nitrogens is 7. The lowest BCUT2D eigenvalue weighted by molar-refractivity contribution is -0.193. The first-order chi connectivity index (χ1) is 30.0. The summed E-state index contributed by atoms with van der Waals surface area (Å²) in [6.45, 7) is 3.19. The third-order valence-corrected chi connectivity index (χ3v) is 9.03. The zero-order valence-electron chi connectivity index (χ0n) is 33.1. The van der Waals surface area contributed by atoms with E-state index in [1.54, 1.807) is 13.1 Å². The fourth-order valence-corrected chi connectivity index (χ4v) is 6.12. The number of carboxylic acid groups (broad SMARTS) is 3. The minimum atomic E-state index is -5.08.